The van der Waals surface area contributed by atoms with E-state index in [-0.39, 0.29) is 18.5 Å². The Labute approximate surface area is 101 Å². The zero-order valence-corrected chi connectivity index (χ0v) is 10.5. The normalized spacial score (nSPS) is 12.9. The Morgan fingerprint density at radius 1 is 1.29 bits per heavy atom. The Balaban J connectivity index is 3.17. The van der Waals surface area contributed by atoms with Crippen molar-refractivity contribution in [3.05, 3.63) is 29.6 Å². The van der Waals surface area contributed by atoms with E-state index in [1.807, 2.05) is 18.7 Å². The van der Waals surface area contributed by atoms with Crippen LogP contribution in [-0.2, 0) is 0 Å². The minimum absolute atomic E-state index is 0.0226. The van der Waals surface area contributed by atoms with E-state index in [0.29, 0.717) is 12.1 Å². The lowest BCUT2D eigenvalue weighted by Crippen LogP contribution is -2.34. The van der Waals surface area contributed by atoms with Gasteiger partial charge < -0.3 is 15.1 Å². The van der Waals surface area contributed by atoms with Gasteiger partial charge in [0.05, 0.1) is 12.7 Å². The molecule has 0 spiro atoms. The fraction of sp³-hybridized carbons (Fsp3) is 0.538. The van der Waals surface area contributed by atoms with Gasteiger partial charge in [0.25, 0.3) is 0 Å². The highest BCUT2D eigenvalue weighted by Crippen LogP contribution is 2.28. The maximum absolute atomic E-state index is 13.2. The quantitative estimate of drug-likeness (QED) is 0.829. The first-order chi connectivity index (χ1) is 7.97. The molecule has 3 nitrogen and oxygen atoms in total. The van der Waals surface area contributed by atoms with Gasteiger partial charge in [-0.2, -0.15) is 0 Å². The summed E-state index contributed by atoms with van der Waals surface area (Å²) in [6, 6.07) is 4.53. The molecule has 0 radical (unpaired) electrons. The molecule has 0 aromatic heterocycles. The predicted molar refractivity (Wildman–Crippen MR) is 66.6 cm³/mol. The summed E-state index contributed by atoms with van der Waals surface area (Å²) in [4.78, 5) is 1.95. The summed E-state index contributed by atoms with van der Waals surface area (Å²) in [5.41, 5.74) is 1.32. The van der Waals surface area contributed by atoms with Crippen molar-refractivity contribution in [1.29, 1.82) is 0 Å². The molecule has 1 aromatic rings. The average Bonchev–Trinajstić information content (AvgIpc) is 2.26. The van der Waals surface area contributed by atoms with Crippen LogP contribution in [0.15, 0.2) is 18.2 Å². The van der Waals surface area contributed by atoms with Crippen LogP contribution in [-0.4, -0.2) is 29.4 Å². The van der Waals surface area contributed by atoms with E-state index in [1.165, 1.54) is 12.1 Å². The number of anilines is 1. The van der Waals surface area contributed by atoms with Gasteiger partial charge in [-0.25, -0.2) is 4.39 Å². The van der Waals surface area contributed by atoms with E-state index in [9.17, 15) is 9.50 Å². The highest BCUT2D eigenvalue weighted by molar-refractivity contribution is 5.55. The van der Waals surface area contributed by atoms with Crippen LogP contribution < -0.4 is 4.90 Å². The minimum Gasteiger partial charge on any atom is -0.395 e. The first-order valence-corrected chi connectivity index (χ1v) is 5.82. The predicted octanol–water partition coefficient (Wildman–Crippen LogP) is 2.09. The third kappa shape index (κ3) is 3.41. The molecular weight excluding hydrogens is 221 g/mol. The summed E-state index contributed by atoms with van der Waals surface area (Å²) in [6.07, 6.45) is -0.736. The Morgan fingerprint density at radius 3 is 2.41 bits per heavy atom. The lowest BCUT2D eigenvalue weighted by molar-refractivity contribution is 0.199. The number of aliphatic hydroxyl groups is 2. The number of nitrogens with zero attached hydrogens (tertiary/aromatic N) is 1. The van der Waals surface area contributed by atoms with Gasteiger partial charge in [0.15, 0.2) is 0 Å². The molecule has 2 N–H and O–H groups in total. The van der Waals surface area contributed by atoms with Crippen molar-refractivity contribution < 1.29 is 14.6 Å². The molecule has 0 aliphatic heterocycles. The highest BCUT2D eigenvalue weighted by atomic mass is 19.1. The van der Waals surface area contributed by atoms with Crippen LogP contribution in [0.3, 0.4) is 0 Å². The molecule has 4 heteroatoms. The Morgan fingerprint density at radius 2 is 1.94 bits per heavy atom. The summed E-state index contributed by atoms with van der Waals surface area (Å²) in [7, 11) is 0. The Bertz CT molecular complexity index is 366. The summed E-state index contributed by atoms with van der Waals surface area (Å²) in [5.74, 6) is -0.364. The fourth-order valence-corrected chi connectivity index (χ4v) is 1.89. The summed E-state index contributed by atoms with van der Waals surface area (Å²) >= 11 is 0. The van der Waals surface area contributed by atoms with Crippen molar-refractivity contribution in [3.63, 3.8) is 0 Å². The molecule has 0 saturated heterocycles. The van der Waals surface area contributed by atoms with Gasteiger partial charge in [0.1, 0.15) is 5.82 Å². The first-order valence-electron chi connectivity index (χ1n) is 5.82. The molecule has 0 heterocycles. The van der Waals surface area contributed by atoms with E-state index in [1.54, 1.807) is 13.0 Å². The molecule has 0 fully saturated rings. The molecule has 0 bridgehead atoms. The van der Waals surface area contributed by atoms with Crippen LogP contribution in [0.2, 0.25) is 0 Å². The van der Waals surface area contributed by atoms with Crippen molar-refractivity contribution in [1.82, 2.24) is 0 Å². The van der Waals surface area contributed by atoms with Gasteiger partial charge in [0.2, 0.25) is 0 Å². The molecule has 1 aromatic carbocycles. The summed E-state index contributed by atoms with van der Waals surface area (Å²) < 4.78 is 13.2. The third-order valence-electron chi connectivity index (χ3n) is 2.71. The molecular formula is C13H20FNO2. The lowest BCUT2D eigenvalue weighted by Gasteiger charge is -2.31. The van der Waals surface area contributed by atoms with Crippen molar-refractivity contribution in [3.8, 4) is 0 Å². The van der Waals surface area contributed by atoms with Gasteiger partial charge in [-0.15, -0.1) is 0 Å². The van der Waals surface area contributed by atoms with Gasteiger partial charge in [0, 0.05) is 23.8 Å². The van der Waals surface area contributed by atoms with Crippen molar-refractivity contribution >= 4 is 5.69 Å². The maximum Gasteiger partial charge on any atom is 0.123 e. The van der Waals surface area contributed by atoms with Crippen LogP contribution >= 0.6 is 0 Å². The number of benzene rings is 1. The number of hydrogen-bond acceptors (Lipinski definition) is 3. The lowest BCUT2D eigenvalue weighted by atomic mass is 10.1. The molecule has 0 aliphatic rings. The molecule has 0 amide bonds. The van der Waals surface area contributed by atoms with Crippen molar-refractivity contribution in [2.75, 3.05) is 18.1 Å². The zero-order chi connectivity index (χ0) is 13.0. The van der Waals surface area contributed by atoms with Gasteiger partial charge in [-0.3, -0.25) is 0 Å². The van der Waals surface area contributed by atoms with E-state index in [0.717, 1.165) is 5.69 Å². The molecule has 17 heavy (non-hydrogen) atoms. The zero-order valence-electron chi connectivity index (χ0n) is 10.5. The van der Waals surface area contributed by atoms with Crippen LogP contribution in [0.1, 0.15) is 32.4 Å². The molecule has 0 aliphatic carbocycles. The minimum atomic E-state index is -0.736. The molecule has 0 saturated carbocycles. The number of hydrogen-bond donors (Lipinski definition) is 2. The summed E-state index contributed by atoms with van der Waals surface area (Å²) in [5, 5.41) is 18.7. The molecule has 1 atom stereocenters. The Kier molecular flexibility index (Phi) is 4.90. The number of rotatable bonds is 5. The standard InChI is InChI=1S/C13H20FNO2/c1-9(2)15(6-7-16)13-5-4-11(14)8-12(13)10(3)17/h4-5,8-10,16-17H,6-7H2,1-3H3/t10-/m1/s1. The third-order valence-corrected chi connectivity index (χ3v) is 2.71. The van der Waals surface area contributed by atoms with Crippen LogP contribution in [0.4, 0.5) is 10.1 Å². The van der Waals surface area contributed by atoms with Crippen molar-refractivity contribution in [2.45, 2.75) is 32.9 Å². The number of halogens is 1. The van der Waals surface area contributed by atoms with Crippen molar-refractivity contribution in [2.24, 2.45) is 0 Å². The highest BCUT2D eigenvalue weighted by Gasteiger charge is 2.17. The second-order valence-electron chi connectivity index (χ2n) is 4.39. The van der Waals surface area contributed by atoms with Crippen LogP contribution in [0.5, 0.6) is 0 Å². The molecule has 1 rings (SSSR count). The average molecular weight is 241 g/mol. The first kappa shape index (κ1) is 13.9. The van der Waals surface area contributed by atoms with Gasteiger partial charge >= 0.3 is 0 Å². The SMILES string of the molecule is CC(C)N(CCO)c1ccc(F)cc1[C@@H](C)O. The van der Waals surface area contributed by atoms with Crippen LogP contribution in [0.25, 0.3) is 0 Å². The second kappa shape index (κ2) is 5.98. The van der Waals surface area contributed by atoms with E-state index < -0.39 is 6.10 Å². The molecule has 0 unspecified atom stereocenters. The van der Waals surface area contributed by atoms with Crippen LogP contribution in [0, 0.1) is 5.82 Å². The van der Waals surface area contributed by atoms with E-state index >= 15 is 0 Å². The topological polar surface area (TPSA) is 43.7 Å². The Hall–Kier alpha value is -1.13. The largest absolute Gasteiger partial charge is 0.395 e. The monoisotopic (exact) mass is 241 g/mol. The van der Waals surface area contributed by atoms with Gasteiger partial charge in [-0.05, 0) is 39.0 Å². The fourth-order valence-electron chi connectivity index (χ4n) is 1.89. The van der Waals surface area contributed by atoms with Gasteiger partial charge in [-0.1, -0.05) is 0 Å². The second-order valence-corrected chi connectivity index (χ2v) is 4.39. The van der Waals surface area contributed by atoms with E-state index in [2.05, 4.69) is 0 Å². The molecule has 96 valence electrons. The maximum atomic E-state index is 13.2. The smallest absolute Gasteiger partial charge is 0.123 e. The van der Waals surface area contributed by atoms with E-state index in [4.69, 9.17) is 5.11 Å². The summed E-state index contributed by atoms with van der Waals surface area (Å²) in [6.45, 7) is 6.07. The number of aliphatic hydroxyl groups excluding tert-OH is 2.